The molecule has 2 aromatic carbocycles. The molecule has 2 fully saturated rings. The van der Waals surface area contributed by atoms with Crippen molar-refractivity contribution in [1.29, 1.82) is 0 Å². The van der Waals surface area contributed by atoms with Crippen LogP contribution in [0.15, 0.2) is 47.4 Å². The van der Waals surface area contributed by atoms with E-state index in [4.69, 9.17) is 18.9 Å². The first-order valence-corrected chi connectivity index (χ1v) is 16.6. The van der Waals surface area contributed by atoms with Crippen LogP contribution in [-0.2, 0) is 27.2 Å². The molecular weight excluding hydrogens is 534 g/mol. The largest absolute Gasteiger partial charge is 0.463 e. The highest BCUT2D eigenvalue weighted by Crippen LogP contribution is 2.36. The van der Waals surface area contributed by atoms with Gasteiger partial charge < -0.3 is 23.8 Å². The molecule has 7 heteroatoms. The van der Waals surface area contributed by atoms with Gasteiger partial charge in [0.1, 0.15) is 11.9 Å². The molecule has 1 amide bonds. The standard InChI is InChI=1S/C34H47NO5S/c1-34(2)38-25-28-23-27(17-18-31(28)40-34)32-24-35(33(36)39-32)19-8-3-4-9-20-37-21-10-7-12-26-13-11-16-30(22-26)41-29-14-5-6-15-29/h11,13,16-18,22-23,29,32H,3-10,12,14-15,19-21,24-25H2,1-2H3/t32-/m0/s1. The lowest BCUT2D eigenvalue weighted by Gasteiger charge is -2.32. The first kappa shape index (κ1) is 30.2. The molecule has 2 heterocycles. The predicted molar refractivity (Wildman–Crippen MR) is 164 cm³/mol. The van der Waals surface area contributed by atoms with Crippen LogP contribution >= 0.6 is 11.8 Å². The van der Waals surface area contributed by atoms with Gasteiger partial charge in [-0.15, -0.1) is 11.8 Å². The van der Waals surface area contributed by atoms with Crippen LogP contribution in [0.3, 0.4) is 0 Å². The summed E-state index contributed by atoms with van der Waals surface area (Å²) in [5.74, 6) is 0.224. The van der Waals surface area contributed by atoms with Crippen LogP contribution in [0.4, 0.5) is 4.79 Å². The Hall–Kier alpha value is -2.22. The summed E-state index contributed by atoms with van der Waals surface area (Å²) in [6, 6.07) is 15.1. The second-order valence-corrected chi connectivity index (χ2v) is 13.5. The molecule has 224 valence electrons. The molecule has 1 saturated carbocycles. The molecule has 0 unspecified atom stereocenters. The number of fused-ring (bicyclic) bond motifs is 1. The summed E-state index contributed by atoms with van der Waals surface area (Å²) in [6.45, 7) is 7.32. The van der Waals surface area contributed by atoms with Crippen molar-refractivity contribution in [3.8, 4) is 5.75 Å². The van der Waals surface area contributed by atoms with Gasteiger partial charge in [0.15, 0.2) is 0 Å². The molecule has 2 aromatic rings. The number of unbranched alkanes of at least 4 members (excludes halogenated alkanes) is 4. The van der Waals surface area contributed by atoms with E-state index in [1.807, 2.05) is 36.9 Å². The number of nitrogens with zero attached hydrogens (tertiary/aromatic N) is 1. The van der Waals surface area contributed by atoms with Gasteiger partial charge in [0.2, 0.25) is 5.79 Å². The number of carbonyl (C=O) groups excluding carboxylic acids is 1. The van der Waals surface area contributed by atoms with E-state index in [1.54, 1.807) is 0 Å². The van der Waals surface area contributed by atoms with E-state index in [2.05, 4.69) is 36.0 Å². The first-order valence-electron chi connectivity index (χ1n) is 15.7. The Balaban J connectivity index is 0.888. The maximum absolute atomic E-state index is 12.4. The Morgan fingerprint density at radius 2 is 1.78 bits per heavy atom. The molecule has 0 radical (unpaired) electrons. The normalized spacial score (nSPS) is 20.2. The number of aryl methyl sites for hydroxylation is 1. The van der Waals surface area contributed by atoms with E-state index < -0.39 is 5.79 Å². The lowest BCUT2D eigenvalue weighted by atomic mass is 10.0. The topological polar surface area (TPSA) is 57.2 Å². The highest BCUT2D eigenvalue weighted by atomic mass is 32.2. The Bertz CT molecular complexity index is 1130. The van der Waals surface area contributed by atoms with Crippen molar-refractivity contribution in [2.45, 2.75) is 113 Å². The van der Waals surface area contributed by atoms with E-state index in [0.29, 0.717) is 13.2 Å². The van der Waals surface area contributed by atoms with Crippen LogP contribution in [-0.4, -0.2) is 48.3 Å². The van der Waals surface area contributed by atoms with E-state index in [-0.39, 0.29) is 12.2 Å². The van der Waals surface area contributed by atoms with E-state index in [1.165, 1.54) is 42.6 Å². The summed E-state index contributed by atoms with van der Waals surface area (Å²) in [5, 5.41) is 0.827. The summed E-state index contributed by atoms with van der Waals surface area (Å²) in [7, 11) is 0. The smallest absolute Gasteiger partial charge is 0.410 e. The molecule has 3 aliphatic rings. The van der Waals surface area contributed by atoms with Crippen LogP contribution < -0.4 is 4.74 Å². The Morgan fingerprint density at radius 3 is 2.63 bits per heavy atom. The third kappa shape index (κ3) is 9.13. The minimum absolute atomic E-state index is 0.219. The maximum atomic E-state index is 12.4. The van der Waals surface area contributed by atoms with Crippen LogP contribution in [0, 0.1) is 0 Å². The van der Waals surface area contributed by atoms with Crippen LogP contribution in [0.2, 0.25) is 0 Å². The van der Waals surface area contributed by atoms with Crippen molar-refractivity contribution in [3.63, 3.8) is 0 Å². The molecule has 1 saturated heterocycles. The van der Waals surface area contributed by atoms with Crippen LogP contribution in [0.25, 0.3) is 0 Å². The Morgan fingerprint density at radius 1 is 0.976 bits per heavy atom. The fraction of sp³-hybridized carbons (Fsp3) is 0.618. The number of carbonyl (C=O) groups is 1. The summed E-state index contributed by atoms with van der Waals surface area (Å²) < 4.78 is 23.2. The van der Waals surface area contributed by atoms with Gasteiger partial charge >= 0.3 is 6.09 Å². The van der Waals surface area contributed by atoms with Crippen molar-refractivity contribution < 1.29 is 23.7 Å². The molecule has 41 heavy (non-hydrogen) atoms. The van der Waals surface area contributed by atoms with Gasteiger partial charge in [-0.25, -0.2) is 4.79 Å². The highest BCUT2D eigenvalue weighted by molar-refractivity contribution is 8.00. The average Bonchev–Trinajstić information content (AvgIpc) is 3.60. The van der Waals surface area contributed by atoms with Crippen LogP contribution in [0.1, 0.15) is 101 Å². The number of benzene rings is 2. The van der Waals surface area contributed by atoms with E-state index in [9.17, 15) is 4.79 Å². The third-order valence-corrected chi connectivity index (χ3v) is 9.58. The fourth-order valence-corrected chi connectivity index (χ4v) is 7.22. The second kappa shape index (κ2) is 14.8. The molecule has 0 bridgehead atoms. The summed E-state index contributed by atoms with van der Waals surface area (Å²) in [5.41, 5.74) is 3.45. The van der Waals surface area contributed by atoms with Crippen molar-refractivity contribution >= 4 is 17.9 Å². The van der Waals surface area contributed by atoms with Gasteiger partial charge in [0, 0.05) is 49.3 Å². The molecule has 6 nitrogen and oxygen atoms in total. The number of cyclic esters (lactones) is 1. The second-order valence-electron chi connectivity index (χ2n) is 12.1. The van der Waals surface area contributed by atoms with Crippen molar-refractivity contribution in [3.05, 3.63) is 59.2 Å². The lowest BCUT2D eigenvalue weighted by Crippen LogP contribution is -2.35. The minimum Gasteiger partial charge on any atom is -0.463 e. The van der Waals surface area contributed by atoms with E-state index in [0.717, 1.165) is 80.4 Å². The molecule has 1 atom stereocenters. The molecular formula is C34H47NO5S. The van der Waals surface area contributed by atoms with Gasteiger partial charge in [0.05, 0.1) is 13.2 Å². The fourth-order valence-electron chi connectivity index (χ4n) is 5.89. The maximum Gasteiger partial charge on any atom is 0.410 e. The number of ether oxygens (including phenoxy) is 4. The molecule has 2 aliphatic heterocycles. The molecule has 5 rings (SSSR count). The van der Waals surface area contributed by atoms with Crippen LogP contribution in [0.5, 0.6) is 5.75 Å². The van der Waals surface area contributed by atoms with Crippen molar-refractivity contribution in [2.75, 3.05) is 26.3 Å². The third-order valence-electron chi connectivity index (χ3n) is 8.25. The SMILES string of the molecule is CC1(C)OCc2cc([C@@H]3CN(CCCCCCOCCCCc4cccc(SC5CCCC5)c4)C(=O)O3)ccc2O1. The minimum atomic E-state index is -0.613. The summed E-state index contributed by atoms with van der Waals surface area (Å²) in [6.07, 6.45) is 12.8. The zero-order valence-corrected chi connectivity index (χ0v) is 25.7. The zero-order chi connectivity index (χ0) is 28.5. The zero-order valence-electron chi connectivity index (χ0n) is 24.9. The van der Waals surface area contributed by atoms with Gasteiger partial charge in [-0.1, -0.05) is 43.9 Å². The number of hydrogen-bond donors (Lipinski definition) is 0. The van der Waals surface area contributed by atoms with Crippen molar-refractivity contribution in [1.82, 2.24) is 4.90 Å². The number of thioether (sulfide) groups is 1. The summed E-state index contributed by atoms with van der Waals surface area (Å²) in [4.78, 5) is 15.7. The highest BCUT2D eigenvalue weighted by Gasteiger charge is 2.33. The van der Waals surface area contributed by atoms with E-state index >= 15 is 0 Å². The predicted octanol–water partition coefficient (Wildman–Crippen LogP) is 8.46. The van der Waals surface area contributed by atoms with Gasteiger partial charge in [-0.2, -0.15) is 0 Å². The Kier molecular flexibility index (Phi) is 10.9. The molecule has 0 N–H and O–H groups in total. The quantitative estimate of drug-likeness (QED) is 0.197. The Labute approximate surface area is 250 Å². The molecule has 0 spiro atoms. The monoisotopic (exact) mass is 581 g/mol. The van der Waals surface area contributed by atoms with Crippen molar-refractivity contribution in [2.24, 2.45) is 0 Å². The number of rotatable bonds is 15. The summed E-state index contributed by atoms with van der Waals surface area (Å²) >= 11 is 2.08. The number of amides is 1. The van der Waals surface area contributed by atoms with Gasteiger partial charge in [-0.3, -0.25) is 0 Å². The lowest BCUT2D eigenvalue weighted by molar-refractivity contribution is -0.180. The number of hydrogen-bond acceptors (Lipinski definition) is 6. The van der Waals surface area contributed by atoms with Gasteiger partial charge in [0.25, 0.3) is 0 Å². The average molecular weight is 582 g/mol. The molecule has 0 aromatic heterocycles. The first-order chi connectivity index (χ1) is 19.9. The van der Waals surface area contributed by atoms with Gasteiger partial charge in [-0.05, 0) is 80.3 Å². The molecule has 1 aliphatic carbocycles.